The highest BCUT2D eigenvalue weighted by Gasteiger charge is 2.48. The van der Waals surface area contributed by atoms with Crippen LogP contribution >= 0.6 is 0 Å². The van der Waals surface area contributed by atoms with E-state index >= 15 is 0 Å². The van der Waals surface area contributed by atoms with Gasteiger partial charge < -0.3 is 0 Å². The smallest absolute Gasteiger partial charge is 0.160 e. The molecule has 0 aliphatic heterocycles. The van der Waals surface area contributed by atoms with Gasteiger partial charge in [-0.3, -0.25) is 0 Å². The maximum atomic E-state index is 5.66. The molecule has 106 heavy (non-hydrogen) atoms. The summed E-state index contributed by atoms with van der Waals surface area (Å²) in [4.78, 5) is 22.3. The fraction of sp³-hybridized carbons (Fsp3) is 0.0392. The van der Waals surface area contributed by atoms with Crippen LogP contribution in [0.2, 0.25) is 0 Å². The maximum absolute atomic E-state index is 5.66. The molecule has 2 bridgehead atoms. The van der Waals surface area contributed by atoms with E-state index in [2.05, 4.69) is 388 Å². The molecule has 0 spiro atoms. The van der Waals surface area contributed by atoms with E-state index in [1.54, 1.807) is 0 Å². The summed E-state index contributed by atoms with van der Waals surface area (Å²) in [6, 6.07) is 142. The molecule has 5 aliphatic carbocycles. The summed E-state index contributed by atoms with van der Waals surface area (Å²) in [6.07, 6.45) is 0. The molecular formula is C102H66N4. The SMILES string of the molecule is c1ccc(-c2cc(-c3ccccc3-c3ccc4c(c3)C(c3ccccc3)(c3ccccc3)c3ccccc3-4)nc(-c3ccc4c(c3)C3c5ccccc5C4c4cc(-c5nc(-c6ccccc6)cc(-c6ccccc6-c6ccc7c(c6)C(c6ccccc6)(c6ccccc6)c6ccccc6-7)n5)ccc43)n2)cc1. The first-order valence-corrected chi connectivity index (χ1v) is 36.7. The second-order valence-corrected chi connectivity index (χ2v) is 28.5. The Kier molecular flexibility index (Phi) is 14.2. The Hall–Kier alpha value is -13.5. The number of benzene rings is 15. The van der Waals surface area contributed by atoms with Gasteiger partial charge in [0.2, 0.25) is 0 Å². The molecule has 2 unspecified atom stereocenters. The first-order chi connectivity index (χ1) is 52.6. The molecule has 0 amide bonds. The van der Waals surface area contributed by atoms with Crippen molar-refractivity contribution < 1.29 is 0 Å². The van der Waals surface area contributed by atoms with E-state index in [9.17, 15) is 0 Å². The number of hydrogen-bond donors (Lipinski definition) is 0. The van der Waals surface area contributed by atoms with Crippen molar-refractivity contribution in [3.05, 3.63) is 466 Å². The van der Waals surface area contributed by atoms with Gasteiger partial charge >= 0.3 is 0 Å². The summed E-state index contributed by atoms with van der Waals surface area (Å²) in [7, 11) is 0. The fourth-order valence-electron chi connectivity index (χ4n) is 18.6. The fourth-order valence-corrected chi connectivity index (χ4v) is 18.6. The molecule has 2 aromatic heterocycles. The lowest BCUT2D eigenvalue weighted by Gasteiger charge is -2.42. The van der Waals surface area contributed by atoms with Crippen LogP contribution in [0, 0.1) is 0 Å². The topological polar surface area (TPSA) is 51.6 Å². The minimum Gasteiger partial charge on any atom is -0.228 e. The van der Waals surface area contributed by atoms with Gasteiger partial charge in [0.1, 0.15) is 0 Å². The van der Waals surface area contributed by atoms with Crippen molar-refractivity contribution in [3.63, 3.8) is 0 Å². The molecule has 0 radical (unpaired) electrons. The highest BCUT2D eigenvalue weighted by molar-refractivity contribution is 5.94. The molecule has 2 atom stereocenters. The minimum atomic E-state index is -0.541. The largest absolute Gasteiger partial charge is 0.228 e. The summed E-state index contributed by atoms with van der Waals surface area (Å²) in [5, 5.41) is 0. The van der Waals surface area contributed by atoms with E-state index in [0.29, 0.717) is 11.6 Å². The van der Waals surface area contributed by atoms with Crippen molar-refractivity contribution in [2.24, 2.45) is 0 Å². The number of fused-ring (bicyclic) bond motifs is 6. The molecule has 2 heterocycles. The van der Waals surface area contributed by atoms with Gasteiger partial charge in [-0.1, -0.05) is 352 Å². The normalized spacial score (nSPS) is 14.8. The summed E-state index contributed by atoms with van der Waals surface area (Å²) < 4.78 is 0. The van der Waals surface area contributed by atoms with E-state index in [1.807, 2.05) is 0 Å². The van der Waals surface area contributed by atoms with Gasteiger partial charge in [-0.05, 0) is 159 Å². The first kappa shape index (κ1) is 61.2. The van der Waals surface area contributed by atoms with Gasteiger partial charge in [0.25, 0.3) is 0 Å². The molecule has 17 aromatic rings. The Labute approximate surface area is 617 Å². The second kappa shape index (κ2) is 24.6. The monoisotopic (exact) mass is 1350 g/mol. The average Bonchev–Trinajstić information content (AvgIpc) is 1.05. The lowest BCUT2D eigenvalue weighted by Crippen LogP contribution is -2.28. The second-order valence-electron chi connectivity index (χ2n) is 28.5. The van der Waals surface area contributed by atoms with E-state index < -0.39 is 10.8 Å². The Morgan fingerprint density at radius 3 is 0.830 bits per heavy atom. The molecule has 0 saturated heterocycles. The molecule has 4 heteroatoms. The van der Waals surface area contributed by atoms with Gasteiger partial charge in [-0.2, -0.15) is 0 Å². The van der Waals surface area contributed by atoms with Crippen LogP contribution in [0.15, 0.2) is 388 Å². The van der Waals surface area contributed by atoms with Crippen molar-refractivity contribution >= 4 is 0 Å². The lowest BCUT2D eigenvalue weighted by molar-refractivity contribution is 0.754. The number of hydrogen-bond acceptors (Lipinski definition) is 4. The predicted octanol–water partition coefficient (Wildman–Crippen LogP) is 24.3. The first-order valence-electron chi connectivity index (χ1n) is 36.7. The van der Waals surface area contributed by atoms with E-state index in [0.717, 1.165) is 78.4 Å². The van der Waals surface area contributed by atoms with Crippen LogP contribution in [-0.4, -0.2) is 19.9 Å². The number of nitrogens with zero attached hydrogens (tertiary/aromatic N) is 4. The molecule has 22 rings (SSSR count). The van der Waals surface area contributed by atoms with E-state index in [1.165, 1.54) is 100 Å². The number of rotatable bonds is 12. The quantitative estimate of drug-likeness (QED) is 0.122. The lowest BCUT2D eigenvalue weighted by atomic mass is 9.61. The van der Waals surface area contributed by atoms with Crippen LogP contribution < -0.4 is 0 Å². The van der Waals surface area contributed by atoms with Crippen LogP contribution in [0.5, 0.6) is 0 Å². The molecular weight excluding hydrogens is 1280 g/mol. The zero-order valence-corrected chi connectivity index (χ0v) is 57.9. The number of aromatic nitrogens is 4. The van der Waals surface area contributed by atoms with Crippen LogP contribution in [0.25, 0.3) is 112 Å². The molecule has 0 fully saturated rings. The third kappa shape index (κ3) is 9.40. The molecule has 15 aromatic carbocycles. The zero-order valence-electron chi connectivity index (χ0n) is 57.9. The van der Waals surface area contributed by atoms with Gasteiger partial charge in [-0.15, -0.1) is 0 Å². The highest BCUT2D eigenvalue weighted by Crippen LogP contribution is 2.61. The maximum Gasteiger partial charge on any atom is 0.160 e. The van der Waals surface area contributed by atoms with Gasteiger partial charge in [0.05, 0.1) is 33.6 Å². The minimum absolute atomic E-state index is 0.0378. The Morgan fingerprint density at radius 2 is 0.453 bits per heavy atom. The van der Waals surface area contributed by atoms with Gasteiger partial charge in [-0.25, -0.2) is 19.9 Å². The molecule has 0 N–H and O–H groups in total. The Balaban J connectivity index is 0.674. The Morgan fingerprint density at radius 1 is 0.170 bits per heavy atom. The van der Waals surface area contributed by atoms with Crippen molar-refractivity contribution in [3.8, 4) is 112 Å². The average molecular weight is 1350 g/mol. The van der Waals surface area contributed by atoms with Crippen molar-refractivity contribution in [2.75, 3.05) is 0 Å². The molecule has 494 valence electrons. The third-order valence-corrected chi connectivity index (χ3v) is 23.1. The van der Waals surface area contributed by atoms with Gasteiger partial charge in [0, 0.05) is 45.2 Å². The van der Waals surface area contributed by atoms with Crippen molar-refractivity contribution in [1.29, 1.82) is 0 Å². The predicted molar refractivity (Wildman–Crippen MR) is 430 cm³/mol. The molecule has 5 aliphatic rings. The third-order valence-electron chi connectivity index (χ3n) is 23.1. The molecule has 4 nitrogen and oxygen atoms in total. The van der Waals surface area contributed by atoms with E-state index in [4.69, 9.17) is 19.9 Å². The summed E-state index contributed by atoms with van der Waals surface area (Å²) in [5.74, 6) is 1.28. The van der Waals surface area contributed by atoms with Crippen molar-refractivity contribution in [2.45, 2.75) is 22.7 Å². The summed E-state index contributed by atoms with van der Waals surface area (Å²) in [5.41, 5.74) is 35.7. The molecule has 0 saturated carbocycles. The highest BCUT2D eigenvalue weighted by atomic mass is 14.9. The van der Waals surface area contributed by atoms with Crippen LogP contribution in [0.4, 0.5) is 0 Å². The van der Waals surface area contributed by atoms with E-state index in [-0.39, 0.29) is 11.8 Å². The zero-order chi connectivity index (χ0) is 69.9. The van der Waals surface area contributed by atoms with Gasteiger partial charge in [0.15, 0.2) is 11.6 Å². The van der Waals surface area contributed by atoms with Crippen molar-refractivity contribution in [1.82, 2.24) is 19.9 Å². The van der Waals surface area contributed by atoms with Crippen LogP contribution in [0.3, 0.4) is 0 Å². The van der Waals surface area contributed by atoms with Crippen LogP contribution in [-0.2, 0) is 10.8 Å². The summed E-state index contributed by atoms with van der Waals surface area (Å²) >= 11 is 0. The summed E-state index contributed by atoms with van der Waals surface area (Å²) in [6.45, 7) is 0. The van der Waals surface area contributed by atoms with Crippen LogP contribution in [0.1, 0.15) is 89.7 Å². The Bertz CT molecular complexity index is 5860. The standard InChI is InChI=1S/C102H66N4/c1-7-29-65(30-8-1)93-63-95(81-45-21-19-41-75(81)67-51-55-79-77-43-25-27-49-89(77)101(91(79)61-67,71-33-11-3-12-34-71)72-35-13-4-14-36-72)105-99(103-93)69-53-57-85-87(59-69)97-83-47-23-24-48-84(83)98(85)88-60-70(54-58-86(88)97)100-104-94(66-31-9-2-10-32-66)64-96(106-100)82-46-22-20-42-76(82)68-52-56-80-78-44-26-28-50-90(78)102(92(80)62-68,73-37-15-5-16-38-73)74-39-17-6-18-40-74/h1-64,97-98H.